The van der Waals surface area contributed by atoms with Gasteiger partial charge in [0, 0.05) is 12.0 Å². The average molecular weight is 502 g/mol. The van der Waals surface area contributed by atoms with E-state index >= 15 is 8.78 Å². The number of rotatable bonds is 4. The number of carboxylic acid groups (broad SMARTS) is 1. The number of fused-ring (bicyclic) bond motifs is 1. The van der Waals surface area contributed by atoms with Gasteiger partial charge in [-0.05, 0) is 43.5 Å². The van der Waals surface area contributed by atoms with Crippen molar-refractivity contribution < 1.29 is 27.1 Å². The van der Waals surface area contributed by atoms with E-state index in [1.165, 1.54) is 24.3 Å². The summed E-state index contributed by atoms with van der Waals surface area (Å²) < 4.78 is 58.1. The molecule has 0 aliphatic heterocycles. The molecular formula is C20H15Cl2F2N3O4S. The van der Waals surface area contributed by atoms with Gasteiger partial charge in [-0.2, -0.15) is 13.9 Å². The second-order valence-electron chi connectivity index (χ2n) is 7.22. The van der Waals surface area contributed by atoms with Gasteiger partial charge in [-0.3, -0.25) is 0 Å². The summed E-state index contributed by atoms with van der Waals surface area (Å²) >= 11 is 12.2. The minimum absolute atomic E-state index is 0.000435. The highest BCUT2D eigenvalue weighted by Crippen LogP contribution is 2.44. The molecule has 1 aromatic carbocycles. The lowest BCUT2D eigenvalue weighted by atomic mass is 10.1. The lowest BCUT2D eigenvalue weighted by Crippen LogP contribution is -2.19. The number of hydrogen-bond acceptors (Lipinski definition) is 5. The summed E-state index contributed by atoms with van der Waals surface area (Å²) in [5, 5.41) is 12.2. The van der Waals surface area contributed by atoms with Crippen molar-refractivity contribution in [2.24, 2.45) is 0 Å². The van der Waals surface area contributed by atoms with Crippen LogP contribution in [0.25, 0.3) is 5.69 Å². The Morgan fingerprint density at radius 3 is 2.41 bits per heavy atom. The Morgan fingerprint density at radius 2 is 1.81 bits per heavy atom. The fraction of sp³-hybridized carbons (Fsp3) is 0.250. The van der Waals surface area contributed by atoms with E-state index < -0.39 is 43.8 Å². The molecule has 12 heteroatoms. The van der Waals surface area contributed by atoms with Crippen LogP contribution in [-0.2, 0) is 22.2 Å². The molecule has 0 fully saturated rings. The maximum atomic E-state index is 15.2. The number of aromatic nitrogens is 3. The molecule has 1 aliphatic rings. The third-order valence-electron chi connectivity index (χ3n) is 5.11. The molecule has 0 saturated carbocycles. The molecule has 0 unspecified atom stereocenters. The third-order valence-corrected chi connectivity index (χ3v) is 7.78. The molecule has 0 spiro atoms. The van der Waals surface area contributed by atoms with Gasteiger partial charge in [0.25, 0.3) is 5.92 Å². The molecule has 7 nitrogen and oxygen atoms in total. The molecular weight excluding hydrogens is 487 g/mol. The Balaban J connectivity index is 2.01. The van der Waals surface area contributed by atoms with E-state index in [9.17, 15) is 13.2 Å². The zero-order valence-electron chi connectivity index (χ0n) is 16.2. The van der Waals surface area contributed by atoms with Crippen molar-refractivity contribution in [3.05, 3.63) is 63.5 Å². The molecule has 0 amide bonds. The van der Waals surface area contributed by atoms with Crippen LogP contribution in [0, 0.1) is 0 Å². The van der Waals surface area contributed by atoms with E-state index in [4.69, 9.17) is 28.3 Å². The number of aromatic carboxylic acids is 1. The fourth-order valence-electron chi connectivity index (χ4n) is 3.68. The third kappa shape index (κ3) is 3.76. The molecule has 1 aliphatic carbocycles. The number of hydrogen-bond donors (Lipinski definition) is 1. The van der Waals surface area contributed by atoms with Crippen LogP contribution in [0.1, 0.15) is 41.0 Å². The highest BCUT2D eigenvalue weighted by molar-refractivity contribution is 7.91. The quantitative estimate of drug-likeness (QED) is 0.508. The lowest BCUT2D eigenvalue weighted by molar-refractivity contribution is -0.0203. The first-order valence-electron chi connectivity index (χ1n) is 9.43. The topological polar surface area (TPSA) is 102 Å². The van der Waals surface area contributed by atoms with Gasteiger partial charge < -0.3 is 5.11 Å². The van der Waals surface area contributed by atoms with Crippen molar-refractivity contribution in [3.63, 3.8) is 0 Å². The summed E-state index contributed by atoms with van der Waals surface area (Å²) in [5.41, 5.74) is -0.985. The molecule has 0 saturated heterocycles. The number of alkyl halides is 2. The van der Waals surface area contributed by atoms with Crippen molar-refractivity contribution in [1.29, 1.82) is 0 Å². The fourth-order valence-corrected chi connectivity index (χ4v) is 6.24. The number of pyridine rings is 1. The van der Waals surface area contributed by atoms with Gasteiger partial charge in [-0.1, -0.05) is 29.3 Å². The maximum absolute atomic E-state index is 15.2. The van der Waals surface area contributed by atoms with Crippen molar-refractivity contribution in [2.75, 3.05) is 0 Å². The predicted molar refractivity (Wildman–Crippen MR) is 112 cm³/mol. The molecule has 0 radical (unpaired) electrons. The summed E-state index contributed by atoms with van der Waals surface area (Å²) in [6, 6.07) is 6.49. The first-order valence-corrected chi connectivity index (χ1v) is 11.7. The second kappa shape index (κ2) is 8.09. The Bertz CT molecular complexity index is 1310. The number of carbonyl (C=O) groups is 1. The largest absolute Gasteiger partial charge is 0.477 e. The Morgan fingerprint density at radius 1 is 1.12 bits per heavy atom. The van der Waals surface area contributed by atoms with Crippen molar-refractivity contribution in [3.8, 4) is 5.69 Å². The van der Waals surface area contributed by atoms with Crippen molar-refractivity contribution in [2.45, 2.75) is 41.5 Å². The normalized spacial score (nSPS) is 15.8. The average Bonchev–Trinajstić information content (AvgIpc) is 3.05. The zero-order chi connectivity index (χ0) is 23.3. The van der Waals surface area contributed by atoms with E-state index in [1.807, 2.05) is 0 Å². The smallest absolute Gasteiger partial charge is 0.354 e. The van der Waals surface area contributed by atoms with Crippen LogP contribution >= 0.6 is 23.2 Å². The molecule has 2 aromatic heterocycles. The van der Waals surface area contributed by atoms with Gasteiger partial charge in [0.2, 0.25) is 9.84 Å². The molecule has 2 heterocycles. The van der Waals surface area contributed by atoms with E-state index in [0.29, 0.717) is 6.42 Å². The molecule has 3 aromatic rings. The molecule has 1 N–H and O–H groups in total. The summed E-state index contributed by atoms with van der Waals surface area (Å²) in [4.78, 5) is 14.4. The van der Waals surface area contributed by atoms with Gasteiger partial charge in [-0.25, -0.2) is 22.9 Å². The van der Waals surface area contributed by atoms with Crippen molar-refractivity contribution in [1.82, 2.24) is 14.8 Å². The zero-order valence-corrected chi connectivity index (χ0v) is 18.6. The van der Waals surface area contributed by atoms with E-state index in [1.54, 1.807) is 0 Å². The highest BCUT2D eigenvalue weighted by Gasteiger charge is 2.44. The van der Waals surface area contributed by atoms with Crippen molar-refractivity contribution >= 4 is 39.0 Å². The number of benzene rings is 1. The van der Waals surface area contributed by atoms with Crippen LogP contribution in [0.4, 0.5) is 8.78 Å². The molecule has 0 bridgehead atoms. The molecule has 32 heavy (non-hydrogen) atoms. The highest BCUT2D eigenvalue weighted by atomic mass is 35.5. The van der Waals surface area contributed by atoms with E-state index in [-0.39, 0.29) is 39.8 Å². The lowest BCUT2D eigenvalue weighted by Gasteiger charge is -2.17. The summed E-state index contributed by atoms with van der Waals surface area (Å²) in [6.45, 7) is 0. The van der Waals surface area contributed by atoms with E-state index in [0.717, 1.165) is 16.9 Å². The van der Waals surface area contributed by atoms with Crippen LogP contribution in [0.2, 0.25) is 10.0 Å². The molecule has 4 rings (SSSR count). The first kappa shape index (κ1) is 22.6. The van der Waals surface area contributed by atoms with Gasteiger partial charge in [-0.15, -0.1) is 0 Å². The number of sulfone groups is 1. The Kier molecular flexibility index (Phi) is 5.72. The molecule has 168 valence electrons. The number of nitrogens with zero attached hydrogens (tertiary/aromatic N) is 3. The van der Waals surface area contributed by atoms with Gasteiger partial charge >= 0.3 is 5.97 Å². The SMILES string of the molecule is O=C(O)c1ccc(-n2nc(S(=O)(=O)c3c(Cl)cccc3Cl)c3c2C(F)(F)CCCC3)cn1. The summed E-state index contributed by atoms with van der Waals surface area (Å²) in [7, 11) is -4.46. The standard InChI is InChI=1S/C20H15Cl2F2N3O4S/c21-13-5-3-6-14(22)16(13)32(30,31)18-12-4-1-2-9-20(23,24)17(12)27(26-18)11-7-8-15(19(28)29)25-10-11/h3,5-8,10H,1-2,4,9H2,(H,28,29). The maximum Gasteiger partial charge on any atom is 0.354 e. The minimum atomic E-state index is -4.46. The Hall–Kier alpha value is -2.56. The first-order chi connectivity index (χ1) is 15.0. The van der Waals surface area contributed by atoms with Crippen LogP contribution in [-0.4, -0.2) is 34.3 Å². The monoisotopic (exact) mass is 501 g/mol. The predicted octanol–water partition coefficient (Wildman–Crippen LogP) is 4.92. The van der Waals surface area contributed by atoms with E-state index in [2.05, 4.69) is 10.1 Å². The van der Waals surface area contributed by atoms with Gasteiger partial charge in [0.15, 0.2) is 5.03 Å². The summed E-state index contributed by atoms with van der Waals surface area (Å²) in [5.74, 6) is -4.67. The van der Waals surface area contributed by atoms with Gasteiger partial charge in [0.1, 0.15) is 16.3 Å². The minimum Gasteiger partial charge on any atom is -0.477 e. The van der Waals surface area contributed by atoms with Crippen LogP contribution in [0.3, 0.4) is 0 Å². The molecule has 0 atom stereocenters. The van der Waals surface area contributed by atoms with Crippen LogP contribution in [0.15, 0.2) is 46.5 Å². The van der Waals surface area contributed by atoms with Crippen LogP contribution < -0.4 is 0 Å². The Labute approximate surface area is 191 Å². The van der Waals surface area contributed by atoms with Crippen LogP contribution in [0.5, 0.6) is 0 Å². The number of carboxylic acids is 1. The van der Waals surface area contributed by atoms with Gasteiger partial charge in [0.05, 0.1) is 21.9 Å². The summed E-state index contributed by atoms with van der Waals surface area (Å²) in [6.07, 6.45) is 1.14. The number of halogens is 4. The second-order valence-corrected chi connectivity index (χ2v) is 9.83.